The molecule has 2 amide bonds. The Morgan fingerprint density at radius 2 is 1.62 bits per heavy atom. The number of carbonyl (C=O) groups excluding carboxylic acids is 2. The first-order valence-corrected chi connectivity index (χ1v) is 8.03. The van der Waals surface area contributed by atoms with Crippen molar-refractivity contribution in [3.05, 3.63) is 70.7 Å². The summed E-state index contributed by atoms with van der Waals surface area (Å²) in [6.07, 6.45) is 0.920. The molecule has 5 nitrogen and oxygen atoms in total. The number of amides is 2. The van der Waals surface area contributed by atoms with Crippen LogP contribution in [-0.2, 0) is 11.2 Å². The van der Waals surface area contributed by atoms with Crippen LogP contribution in [0.1, 0.15) is 22.3 Å². The molecule has 0 radical (unpaired) electrons. The van der Waals surface area contributed by atoms with Gasteiger partial charge in [-0.2, -0.15) is 0 Å². The van der Waals surface area contributed by atoms with Gasteiger partial charge in [0.25, 0.3) is 5.91 Å². The van der Waals surface area contributed by atoms with Crippen molar-refractivity contribution < 1.29 is 9.59 Å². The van der Waals surface area contributed by atoms with E-state index in [-0.39, 0.29) is 16.9 Å². The Morgan fingerprint density at radius 1 is 0.958 bits per heavy atom. The maximum absolute atomic E-state index is 11.9. The van der Waals surface area contributed by atoms with E-state index in [0.717, 1.165) is 5.56 Å². The van der Waals surface area contributed by atoms with E-state index in [4.69, 9.17) is 23.8 Å². The van der Waals surface area contributed by atoms with Gasteiger partial charge in [-0.25, -0.2) is 0 Å². The molecule has 0 aliphatic rings. The second-order valence-electron chi connectivity index (χ2n) is 4.95. The van der Waals surface area contributed by atoms with E-state index in [0.29, 0.717) is 23.4 Å². The zero-order valence-electron chi connectivity index (χ0n) is 12.7. The largest absolute Gasteiger partial charge is 0.302 e. The first-order chi connectivity index (χ1) is 11.5. The summed E-state index contributed by atoms with van der Waals surface area (Å²) in [5.74, 6) is -0.607. The molecular weight excluding hydrogens is 346 g/mol. The van der Waals surface area contributed by atoms with Gasteiger partial charge < -0.3 is 5.32 Å². The van der Waals surface area contributed by atoms with Crippen LogP contribution in [0.15, 0.2) is 54.6 Å². The average Bonchev–Trinajstić information content (AvgIpc) is 2.59. The van der Waals surface area contributed by atoms with Crippen LogP contribution in [0.3, 0.4) is 0 Å². The van der Waals surface area contributed by atoms with E-state index in [2.05, 4.69) is 16.2 Å². The van der Waals surface area contributed by atoms with Crippen LogP contribution >= 0.6 is 23.8 Å². The van der Waals surface area contributed by atoms with Crippen molar-refractivity contribution in [1.82, 2.24) is 16.2 Å². The lowest BCUT2D eigenvalue weighted by molar-refractivity contribution is -0.119. The third-order valence-corrected chi connectivity index (χ3v) is 3.59. The van der Waals surface area contributed by atoms with Gasteiger partial charge in [0.15, 0.2) is 5.11 Å². The van der Waals surface area contributed by atoms with Crippen molar-refractivity contribution in [2.75, 3.05) is 0 Å². The molecule has 0 spiro atoms. The molecule has 3 N–H and O–H groups in total. The summed E-state index contributed by atoms with van der Waals surface area (Å²) in [7, 11) is 0. The van der Waals surface area contributed by atoms with Crippen molar-refractivity contribution in [3.8, 4) is 0 Å². The highest BCUT2D eigenvalue weighted by Gasteiger charge is 2.08. The van der Waals surface area contributed by atoms with Crippen LogP contribution in [-0.4, -0.2) is 16.9 Å². The van der Waals surface area contributed by atoms with E-state index >= 15 is 0 Å². The van der Waals surface area contributed by atoms with Gasteiger partial charge in [-0.1, -0.05) is 41.9 Å². The molecule has 0 fully saturated rings. The third-order valence-electron chi connectivity index (χ3n) is 3.13. The number of nitrogens with one attached hydrogen (secondary N) is 3. The number of hydrogen-bond donors (Lipinski definition) is 3. The fourth-order valence-corrected chi connectivity index (χ4v) is 2.20. The zero-order chi connectivity index (χ0) is 17.4. The minimum Gasteiger partial charge on any atom is -0.302 e. The summed E-state index contributed by atoms with van der Waals surface area (Å²) in [5, 5.41) is 3.09. The summed E-state index contributed by atoms with van der Waals surface area (Å²) in [6, 6.07) is 16.1. The molecule has 0 aliphatic carbocycles. The van der Waals surface area contributed by atoms with Crippen LogP contribution in [0.2, 0.25) is 5.02 Å². The Morgan fingerprint density at radius 3 is 2.29 bits per heavy atom. The van der Waals surface area contributed by atoms with Crippen LogP contribution in [0.5, 0.6) is 0 Å². The van der Waals surface area contributed by atoms with Crippen LogP contribution in [0.4, 0.5) is 0 Å². The fraction of sp³-hybridized carbons (Fsp3) is 0.118. The van der Waals surface area contributed by atoms with Crippen molar-refractivity contribution in [3.63, 3.8) is 0 Å². The molecule has 0 saturated heterocycles. The Bertz CT molecular complexity index is 720. The number of thiocarbonyl (C=S) groups is 1. The smallest absolute Gasteiger partial charge is 0.269 e. The average molecular weight is 362 g/mol. The number of benzene rings is 2. The summed E-state index contributed by atoms with van der Waals surface area (Å²) in [6.45, 7) is 0. The minimum absolute atomic E-state index is 0.0374. The van der Waals surface area contributed by atoms with Gasteiger partial charge in [-0.05, 0) is 48.5 Å². The molecule has 2 rings (SSSR count). The van der Waals surface area contributed by atoms with Gasteiger partial charge in [-0.15, -0.1) is 0 Å². The number of rotatable bonds is 4. The normalized spacial score (nSPS) is 9.88. The molecular formula is C17H16ClN3O2S. The van der Waals surface area contributed by atoms with Gasteiger partial charge in [0.2, 0.25) is 5.91 Å². The SMILES string of the molecule is O=C(CCc1ccccc1)NC(=S)NNC(=O)c1ccc(Cl)cc1. The van der Waals surface area contributed by atoms with Gasteiger partial charge in [-0.3, -0.25) is 20.4 Å². The Balaban J connectivity index is 1.71. The molecule has 2 aromatic rings. The van der Waals surface area contributed by atoms with Gasteiger partial charge in [0, 0.05) is 17.0 Å². The highest BCUT2D eigenvalue weighted by atomic mass is 35.5. The molecule has 0 unspecified atom stereocenters. The summed E-state index contributed by atoms with van der Waals surface area (Å²) >= 11 is 10.7. The molecule has 0 atom stereocenters. The zero-order valence-corrected chi connectivity index (χ0v) is 14.3. The minimum atomic E-state index is -0.382. The van der Waals surface area contributed by atoms with Gasteiger partial charge >= 0.3 is 0 Å². The lowest BCUT2D eigenvalue weighted by Crippen LogP contribution is -2.48. The first-order valence-electron chi connectivity index (χ1n) is 7.24. The van der Waals surface area contributed by atoms with E-state index < -0.39 is 0 Å². The standard InChI is InChI=1S/C17H16ClN3O2S/c18-14-9-7-13(8-10-14)16(23)20-21-17(24)19-15(22)11-6-12-4-2-1-3-5-12/h1-5,7-10H,6,11H2,(H,20,23)(H2,19,21,22,24). The Labute approximate surface area is 150 Å². The van der Waals surface area contributed by atoms with Crippen molar-refractivity contribution in [1.29, 1.82) is 0 Å². The molecule has 24 heavy (non-hydrogen) atoms. The third kappa shape index (κ3) is 5.98. The maximum atomic E-state index is 11.9. The molecule has 2 aromatic carbocycles. The number of aryl methyl sites for hydroxylation is 1. The number of hydrogen-bond acceptors (Lipinski definition) is 3. The molecule has 0 heterocycles. The molecule has 0 bridgehead atoms. The molecule has 124 valence electrons. The molecule has 0 aliphatic heterocycles. The monoisotopic (exact) mass is 361 g/mol. The number of halogens is 1. The lowest BCUT2D eigenvalue weighted by atomic mass is 10.1. The van der Waals surface area contributed by atoms with Crippen LogP contribution < -0.4 is 16.2 Å². The number of carbonyl (C=O) groups is 2. The second-order valence-corrected chi connectivity index (χ2v) is 5.79. The van der Waals surface area contributed by atoms with Gasteiger partial charge in [0.05, 0.1) is 0 Å². The maximum Gasteiger partial charge on any atom is 0.269 e. The second kappa shape index (κ2) is 9.00. The van der Waals surface area contributed by atoms with Gasteiger partial charge in [0.1, 0.15) is 0 Å². The number of hydrazine groups is 1. The Hall–Kier alpha value is -2.44. The highest BCUT2D eigenvalue weighted by molar-refractivity contribution is 7.80. The summed E-state index contributed by atoms with van der Waals surface area (Å²) in [4.78, 5) is 23.7. The molecule has 0 saturated carbocycles. The molecule has 7 heteroatoms. The molecule has 0 aromatic heterocycles. The van der Waals surface area contributed by atoms with E-state index in [1.54, 1.807) is 24.3 Å². The predicted octanol–water partition coefficient (Wildman–Crippen LogP) is 2.61. The van der Waals surface area contributed by atoms with Crippen molar-refractivity contribution in [2.45, 2.75) is 12.8 Å². The quantitative estimate of drug-likeness (QED) is 0.578. The summed E-state index contributed by atoms with van der Waals surface area (Å²) in [5.41, 5.74) is 6.39. The fourth-order valence-electron chi connectivity index (χ4n) is 1.91. The first kappa shape index (κ1) is 17.9. The lowest BCUT2D eigenvalue weighted by Gasteiger charge is -2.11. The van der Waals surface area contributed by atoms with E-state index in [1.807, 2.05) is 30.3 Å². The summed E-state index contributed by atoms with van der Waals surface area (Å²) < 4.78 is 0. The van der Waals surface area contributed by atoms with E-state index in [1.165, 1.54) is 0 Å². The highest BCUT2D eigenvalue weighted by Crippen LogP contribution is 2.09. The topological polar surface area (TPSA) is 70.2 Å². The Kier molecular flexibility index (Phi) is 6.72. The van der Waals surface area contributed by atoms with Crippen LogP contribution in [0, 0.1) is 0 Å². The van der Waals surface area contributed by atoms with Crippen molar-refractivity contribution in [2.24, 2.45) is 0 Å². The van der Waals surface area contributed by atoms with E-state index in [9.17, 15) is 9.59 Å². The predicted molar refractivity (Wildman–Crippen MR) is 97.6 cm³/mol. The van der Waals surface area contributed by atoms with Crippen molar-refractivity contribution >= 4 is 40.7 Å². The van der Waals surface area contributed by atoms with Crippen LogP contribution in [0.25, 0.3) is 0 Å².